The van der Waals surface area contributed by atoms with Crippen molar-refractivity contribution >= 4 is 22.2 Å². The Hall–Kier alpha value is -3.73. The highest BCUT2D eigenvalue weighted by molar-refractivity contribution is 5.87. The molecule has 0 radical (unpaired) electrons. The van der Waals surface area contributed by atoms with Crippen molar-refractivity contribution in [3.05, 3.63) is 91.1 Å². The summed E-state index contributed by atoms with van der Waals surface area (Å²) < 4.78 is 2.07. The molecule has 0 atom stereocenters. The van der Waals surface area contributed by atoms with Crippen LogP contribution in [0, 0.1) is 0 Å². The van der Waals surface area contributed by atoms with E-state index in [2.05, 4.69) is 67.1 Å². The number of rotatable bonds is 4. The van der Waals surface area contributed by atoms with E-state index in [1.807, 2.05) is 30.7 Å². The van der Waals surface area contributed by atoms with Gasteiger partial charge in [0.2, 0.25) is 0 Å². The third-order valence-electron chi connectivity index (χ3n) is 4.66. The summed E-state index contributed by atoms with van der Waals surface area (Å²) in [7, 11) is 0. The fraction of sp³-hybridized carbons (Fsp3) is 0.0455. The van der Waals surface area contributed by atoms with Crippen LogP contribution in [0.5, 0.6) is 0 Å². The molecule has 0 unspecified atom stereocenters. The monoisotopic (exact) mass is 351 g/mol. The first-order chi connectivity index (χ1) is 13.4. The zero-order valence-corrected chi connectivity index (χ0v) is 14.6. The van der Waals surface area contributed by atoms with Gasteiger partial charge in [0.1, 0.15) is 0 Å². The van der Waals surface area contributed by atoms with Crippen LogP contribution in [0.25, 0.3) is 27.7 Å². The van der Waals surface area contributed by atoms with E-state index >= 15 is 0 Å². The molecule has 0 bridgehead atoms. The Balaban J connectivity index is 1.52. The Morgan fingerprint density at radius 1 is 0.852 bits per heavy atom. The molecule has 5 nitrogen and oxygen atoms in total. The largest absolute Gasteiger partial charge is 0.363 e. The number of pyridine rings is 1. The minimum absolute atomic E-state index is 0.651. The van der Waals surface area contributed by atoms with Crippen molar-refractivity contribution < 1.29 is 0 Å². The quantitative estimate of drug-likeness (QED) is 0.516. The maximum atomic E-state index is 4.61. The lowest BCUT2D eigenvalue weighted by Gasteiger charge is -2.08. The number of fused-ring (bicyclic) bond motifs is 2. The van der Waals surface area contributed by atoms with Crippen LogP contribution in [0.1, 0.15) is 5.56 Å². The second-order valence-electron chi connectivity index (χ2n) is 6.39. The Kier molecular flexibility index (Phi) is 3.76. The third kappa shape index (κ3) is 2.89. The van der Waals surface area contributed by atoms with E-state index in [0.717, 1.165) is 28.3 Å². The fourth-order valence-electron chi connectivity index (χ4n) is 3.29. The summed E-state index contributed by atoms with van der Waals surface area (Å²) in [5.74, 6) is 0.758. The van der Waals surface area contributed by atoms with Crippen LogP contribution in [-0.4, -0.2) is 19.4 Å². The fourth-order valence-corrected chi connectivity index (χ4v) is 3.29. The van der Waals surface area contributed by atoms with Crippen LogP contribution in [0.15, 0.2) is 85.6 Å². The molecule has 0 aliphatic carbocycles. The topological polar surface area (TPSA) is 55.1 Å². The van der Waals surface area contributed by atoms with Crippen molar-refractivity contribution in [3.8, 4) is 11.3 Å². The van der Waals surface area contributed by atoms with Crippen molar-refractivity contribution in [2.24, 2.45) is 0 Å². The van der Waals surface area contributed by atoms with Crippen molar-refractivity contribution in [1.82, 2.24) is 19.4 Å². The molecule has 130 valence electrons. The summed E-state index contributed by atoms with van der Waals surface area (Å²) in [4.78, 5) is 13.2. The maximum absolute atomic E-state index is 4.61. The van der Waals surface area contributed by atoms with Gasteiger partial charge in [-0.15, -0.1) is 0 Å². The summed E-state index contributed by atoms with van der Waals surface area (Å²) in [5.41, 5.74) is 4.08. The maximum Gasteiger partial charge on any atom is 0.180 e. The first kappa shape index (κ1) is 15.5. The first-order valence-corrected chi connectivity index (χ1v) is 8.82. The molecule has 0 fully saturated rings. The lowest BCUT2D eigenvalue weighted by atomic mass is 10.1. The number of hydrogen-bond donors (Lipinski definition) is 1. The molecule has 0 saturated heterocycles. The zero-order valence-electron chi connectivity index (χ0n) is 14.6. The van der Waals surface area contributed by atoms with E-state index in [0.29, 0.717) is 6.54 Å². The van der Waals surface area contributed by atoms with Gasteiger partial charge in [0.05, 0.1) is 11.9 Å². The summed E-state index contributed by atoms with van der Waals surface area (Å²) >= 11 is 0. The number of benzene rings is 2. The molecule has 5 aromatic rings. The average Bonchev–Trinajstić information content (AvgIpc) is 3.17. The second kappa shape index (κ2) is 6.53. The van der Waals surface area contributed by atoms with Crippen molar-refractivity contribution in [2.45, 2.75) is 6.54 Å². The van der Waals surface area contributed by atoms with Crippen LogP contribution in [0.2, 0.25) is 0 Å². The Bertz CT molecular complexity index is 1230. The van der Waals surface area contributed by atoms with Gasteiger partial charge in [-0.05, 0) is 28.5 Å². The van der Waals surface area contributed by atoms with Gasteiger partial charge in [-0.1, -0.05) is 42.5 Å². The van der Waals surface area contributed by atoms with Gasteiger partial charge in [-0.3, -0.25) is 9.38 Å². The van der Waals surface area contributed by atoms with E-state index in [1.165, 1.54) is 10.8 Å². The van der Waals surface area contributed by atoms with Gasteiger partial charge in [0.15, 0.2) is 11.5 Å². The standard InChI is InChI=1S/C22H17N5/c1-2-6-18-12-19(8-7-17(18)5-1)20-15-26-22-21(24-10-11-27(20)22)25-14-16-4-3-9-23-13-16/h1-13,15H,14H2,(H,24,25). The predicted octanol–water partition coefficient (Wildman–Crippen LogP) is 4.56. The van der Waals surface area contributed by atoms with Crippen molar-refractivity contribution in [1.29, 1.82) is 0 Å². The van der Waals surface area contributed by atoms with Crippen LogP contribution in [-0.2, 0) is 6.54 Å². The van der Waals surface area contributed by atoms with E-state index in [9.17, 15) is 0 Å². The molecule has 5 rings (SSSR count). The molecular formula is C22H17N5. The summed E-state index contributed by atoms with van der Waals surface area (Å²) in [6.45, 7) is 0.651. The van der Waals surface area contributed by atoms with E-state index in [4.69, 9.17) is 0 Å². The third-order valence-corrected chi connectivity index (χ3v) is 4.66. The van der Waals surface area contributed by atoms with Gasteiger partial charge in [-0.25, -0.2) is 9.97 Å². The molecule has 0 saturated carbocycles. The second-order valence-corrected chi connectivity index (χ2v) is 6.39. The molecular weight excluding hydrogens is 334 g/mol. The van der Waals surface area contributed by atoms with E-state index in [-0.39, 0.29) is 0 Å². The predicted molar refractivity (Wildman–Crippen MR) is 107 cm³/mol. The highest BCUT2D eigenvalue weighted by Crippen LogP contribution is 2.26. The zero-order chi connectivity index (χ0) is 18.1. The van der Waals surface area contributed by atoms with E-state index < -0.39 is 0 Å². The smallest absolute Gasteiger partial charge is 0.180 e. The van der Waals surface area contributed by atoms with Crippen LogP contribution in [0.4, 0.5) is 5.82 Å². The molecule has 27 heavy (non-hydrogen) atoms. The first-order valence-electron chi connectivity index (χ1n) is 8.82. The normalized spacial score (nSPS) is 11.1. The highest BCUT2D eigenvalue weighted by Gasteiger charge is 2.10. The minimum Gasteiger partial charge on any atom is -0.363 e. The van der Waals surface area contributed by atoms with Crippen molar-refractivity contribution in [3.63, 3.8) is 0 Å². The average molecular weight is 351 g/mol. The molecule has 5 heteroatoms. The van der Waals surface area contributed by atoms with Gasteiger partial charge in [0, 0.05) is 36.9 Å². The Morgan fingerprint density at radius 3 is 2.67 bits per heavy atom. The molecule has 0 aliphatic heterocycles. The molecule has 0 aliphatic rings. The number of imidazole rings is 1. The molecule has 3 heterocycles. The molecule has 0 amide bonds. The van der Waals surface area contributed by atoms with Crippen molar-refractivity contribution in [2.75, 3.05) is 5.32 Å². The minimum atomic E-state index is 0.651. The lowest BCUT2D eigenvalue weighted by molar-refractivity contribution is 1.06. The highest BCUT2D eigenvalue weighted by atomic mass is 15.1. The SMILES string of the molecule is c1cncc(CNc2nccn3c(-c4ccc5ccccc5c4)cnc23)c1. The van der Waals surface area contributed by atoms with Crippen LogP contribution >= 0.6 is 0 Å². The Morgan fingerprint density at radius 2 is 1.78 bits per heavy atom. The number of nitrogens with one attached hydrogen (secondary N) is 1. The summed E-state index contributed by atoms with van der Waals surface area (Å²) in [6, 6.07) is 18.8. The number of hydrogen-bond acceptors (Lipinski definition) is 4. The van der Waals surface area contributed by atoms with Gasteiger partial charge in [-0.2, -0.15) is 0 Å². The van der Waals surface area contributed by atoms with E-state index in [1.54, 1.807) is 12.4 Å². The molecule has 2 aromatic carbocycles. The summed E-state index contributed by atoms with van der Waals surface area (Å²) in [6.07, 6.45) is 9.26. The molecule has 3 aromatic heterocycles. The van der Waals surface area contributed by atoms with Crippen LogP contribution < -0.4 is 5.32 Å². The van der Waals surface area contributed by atoms with Gasteiger partial charge in [0.25, 0.3) is 0 Å². The lowest BCUT2D eigenvalue weighted by Crippen LogP contribution is -2.04. The summed E-state index contributed by atoms with van der Waals surface area (Å²) in [5, 5.41) is 5.81. The van der Waals surface area contributed by atoms with Gasteiger partial charge < -0.3 is 5.32 Å². The number of anilines is 1. The number of aromatic nitrogens is 4. The molecule has 1 N–H and O–H groups in total. The molecule has 0 spiro atoms. The van der Waals surface area contributed by atoms with Crippen LogP contribution in [0.3, 0.4) is 0 Å². The Labute approximate surface area is 156 Å². The van der Waals surface area contributed by atoms with Gasteiger partial charge >= 0.3 is 0 Å². The number of nitrogens with zero attached hydrogens (tertiary/aromatic N) is 4.